The Morgan fingerprint density at radius 2 is 1.07 bits per heavy atom. The lowest BCUT2D eigenvalue weighted by Crippen LogP contribution is -2.47. The van der Waals surface area contributed by atoms with E-state index in [4.69, 9.17) is 10.5 Å². The van der Waals surface area contributed by atoms with Crippen LogP contribution in [0.25, 0.3) is 0 Å². The highest BCUT2D eigenvalue weighted by Gasteiger charge is 2.25. The van der Waals surface area contributed by atoms with Crippen molar-refractivity contribution in [1.29, 1.82) is 0 Å². The van der Waals surface area contributed by atoms with Crippen molar-refractivity contribution in [1.82, 2.24) is 4.90 Å². The Hall–Kier alpha value is -1.10. The van der Waals surface area contributed by atoms with E-state index in [1.165, 1.54) is 83.5 Å². The van der Waals surface area contributed by atoms with Crippen LogP contribution in [0.1, 0.15) is 124 Å². The van der Waals surface area contributed by atoms with Gasteiger partial charge in [0.25, 0.3) is 5.91 Å². The van der Waals surface area contributed by atoms with Gasteiger partial charge in [-0.05, 0) is 19.5 Å². The molecule has 1 unspecified atom stereocenters. The quantitative estimate of drug-likeness (QED) is 0.144. The fraction of sp³-hybridized carbons (Fsp3) is 0.917. The number of ether oxygens (including phenoxy) is 1. The first-order valence-electron chi connectivity index (χ1n) is 12.3. The van der Waals surface area contributed by atoms with Crippen LogP contribution in [0.15, 0.2) is 0 Å². The third-order valence-corrected chi connectivity index (χ3v) is 5.61. The number of esters is 1. The van der Waals surface area contributed by atoms with Crippen molar-refractivity contribution in [3.8, 4) is 0 Å². The minimum absolute atomic E-state index is 0.324. The van der Waals surface area contributed by atoms with E-state index in [0.717, 1.165) is 12.8 Å². The number of unbranched alkanes of at least 4 members (excludes halogenated alkanes) is 14. The van der Waals surface area contributed by atoms with Gasteiger partial charge in [-0.3, -0.25) is 14.5 Å². The molecule has 1 amide bonds. The van der Waals surface area contributed by atoms with E-state index < -0.39 is 12.1 Å². The van der Waals surface area contributed by atoms with E-state index in [9.17, 15) is 9.59 Å². The Morgan fingerprint density at radius 1 is 0.690 bits per heavy atom. The number of likely N-dealkylation sites (N-methyl/N-ethyl adjacent to an activating group) is 1. The molecular formula is C24H48N2O3. The summed E-state index contributed by atoms with van der Waals surface area (Å²) in [4.78, 5) is 25.2. The highest BCUT2D eigenvalue weighted by molar-refractivity contribution is 5.81. The van der Waals surface area contributed by atoms with Gasteiger partial charge in [0.15, 0.2) is 0 Å². The minimum Gasteiger partial charge on any atom is -0.437 e. The zero-order valence-corrected chi connectivity index (χ0v) is 19.6. The number of carbonyl (C=O) groups excluding carboxylic acids is 2. The Labute approximate surface area is 180 Å². The number of nitrogens with zero attached hydrogens (tertiary/aromatic N) is 1. The molecule has 0 aromatic rings. The molecule has 0 aliphatic heterocycles. The van der Waals surface area contributed by atoms with Crippen LogP contribution >= 0.6 is 0 Å². The second-order valence-corrected chi connectivity index (χ2v) is 8.17. The van der Waals surface area contributed by atoms with E-state index in [2.05, 4.69) is 6.92 Å². The topological polar surface area (TPSA) is 72.6 Å². The highest BCUT2D eigenvalue weighted by atomic mass is 16.6. The van der Waals surface area contributed by atoms with Crippen LogP contribution in [0, 0.1) is 0 Å². The van der Waals surface area contributed by atoms with Crippen molar-refractivity contribution in [3.63, 3.8) is 0 Å². The van der Waals surface area contributed by atoms with Gasteiger partial charge in [-0.1, -0.05) is 111 Å². The average Bonchev–Trinajstić information content (AvgIpc) is 2.70. The van der Waals surface area contributed by atoms with Gasteiger partial charge in [-0.2, -0.15) is 0 Å². The maximum absolute atomic E-state index is 12.0. The van der Waals surface area contributed by atoms with Crippen molar-refractivity contribution in [2.75, 3.05) is 13.1 Å². The van der Waals surface area contributed by atoms with Crippen LogP contribution < -0.4 is 5.73 Å². The standard InChI is InChI=1S/C24H48N2O3/c1-4-7-8-9-10-11-12-13-14-15-16-17-18-19-20-21-22(27)29-24(23(25)28)26(5-2)6-3/h24H,4-21H2,1-3H3,(H2,25,28). The van der Waals surface area contributed by atoms with Crippen LogP contribution in [0.3, 0.4) is 0 Å². The maximum Gasteiger partial charge on any atom is 0.307 e. The zero-order valence-electron chi connectivity index (χ0n) is 19.6. The lowest BCUT2D eigenvalue weighted by Gasteiger charge is -2.26. The fourth-order valence-corrected chi connectivity index (χ4v) is 3.69. The number of carbonyl (C=O) groups is 2. The molecule has 0 aliphatic carbocycles. The Balaban J connectivity index is 3.51. The van der Waals surface area contributed by atoms with Gasteiger partial charge < -0.3 is 10.5 Å². The average molecular weight is 413 g/mol. The predicted molar refractivity (Wildman–Crippen MR) is 122 cm³/mol. The molecule has 5 heteroatoms. The minimum atomic E-state index is -0.936. The summed E-state index contributed by atoms with van der Waals surface area (Å²) >= 11 is 0. The first-order chi connectivity index (χ1) is 14.1. The lowest BCUT2D eigenvalue weighted by molar-refractivity contribution is -0.166. The first-order valence-corrected chi connectivity index (χ1v) is 12.3. The van der Waals surface area contributed by atoms with E-state index in [0.29, 0.717) is 19.5 Å². The molecule has 0 radical (unpaired) electrons. The SMILES string of the molecule is CCCCCCCCCCCCCCCCCC(=O)OC(C(N)=O)N(CC)CC. The normalized spacial score (nSPS) is 12.3. The van der Waals surface area contributed by atoms with Crippen molar-refractivity contribution in [2.24, 2.45) is 5.73 Å². The third-order valence-electron chi connectivity index (χ3n) is 5.61. The molecule has 0 rings (SSSR count). The van der Waals surface area contributed by atoms with Crippen molar-refractivity contribution in [2.45, 2.75) is 130 Å². The molecule has 5 nitrogen and oxygen atoms in total. The summed E-state index contributed by atoms with van der Waals surface area (Å²) in [6, 6.07) is 0. The number of primary amides is 1. The van der Waals surface area contributed by atoms with Crippen molar-refractivity contribution < 1.29 is 14.3 Å². The van der Waals surface area contributed by atoms with E-state index in [1.807, 2.05) is 13.8 Å². The molecule has 29 heavy (non-hydrogen) atoms. The van der Waals surface area contributed by atoms with Crippen LogP contribution in [0.4, 0.5) is 0 Å². The van der Waals surface area contributed by atoms with Gasteiger partial charge in [0.05, 0.1) is 0 Å². The molecule has 0 aromatic heterocycles. The zero-order chi connectivity index (χ0) is 21.7. The molecule has 0 aromatic carbocycles. The molecule has 1 atom stereocenters. The summed E-state index contributed by atoms with van der Waals surface area (Å²) in [5.74, 6) is -0.922. The van der Waals surface area contributed by atoms with E-state index >= 15 is 0 Å². The Bertz CT molecular complexity index is 398. The second kappa shape index (κ2) is 20.2. The van der Waals surface area contributed by atoms with Gasteiger partial charge in [0, 0.05) is 6.42 Å². The molecule has 0 fully saturated rings. The monoisotopic (exact) mass is 412 g/mol. The molecule has 0 heterocycles. The Kier molecular flexibility index (Phi) is 19.4. The predicted octanol–water partition coefficient (Wildman–Crippen LogP) is 5.94. The summed E-state index contributed by atoms with van der Waals surface area (Å²) < 4.78 is 5.29. The summed E-state index contributed by atoms with van der Waals surface area (Å²) in [6.45, 7) is 7.35. The largest absolute Gasteiger partial charge is 0.437 e. The first kappa shape index (κ1) is 27.9. The molecule has 0 bridgehead atoms. The number of hydrogen-bond donors (Lipinski definition) is 1. The molecular weight excluding hydrogens is 364 g/mol. The van der Waals surface area contributed by atoms with E-state index in [1.54, 1.807) is 4.90 Å². The van der Waals surface area contributed by atoms with Gasteiger partial charge >= 0.3 is 5.97 Å². The smallest absolute Gasteiger partial charge is 0.307 e. The molecule has 0 saturated heterocycles. The summed E-state index contributed by atoms with van der Waals surface area (Å²) in [6.07, 6.45) is 18.9. The summed E-state index contributed by atoms with van der Waals surface area (Å²) in [5, 5.41) is 0. The summed E-state index contributed by atoms with van der Waals surface area (Å²) in [5.41, 5.74) is 5.36. The fourth-order valence-electron chi connectivity index (χ4n) is 3.69. The lowest BCUT2D eigenvalue weighted by atomic mass is 10.0. The van der Waals surface area contributed by atoms with Crippen LogP contribution in [-0.2, 0) is 14.3 Å². The van der Waals surface area contributed by atoms with Gasteiger partial charge in [-0.25, -0.2) is 0 Å². The molecule has 2 N–H and O–H groups in total. The van der Waals surface area contributed by atoms with Crippen LogP contribution in [0.2, 0.25) is 0 Å². The molecule has 0 saturated carbocycles. The van der Waals surface area contributed by atoms with E-state index in [-0.39, 0.29) is 5.97 Å². The van der Waals surface area contributed by atoms with Gasteiger partial charge in [-0.15, -0.1) is 0 Å². The molecule has 0 spiro atoms. The van der Waals surface area contributed by atoms with Crippen molar-refractivity contribution in [3.05, 3.63) is 0 Å². The molecule has 172 valence electrons. The van der Waals surface area contributed by atoms with Crippen LogP contribution in [0.5, 0.6) is 0 Å². The number of nitrogens with two attached hydrogens (primary N) is 1. The second-order valence-electron chi connectivity index (χ2n) is 8.17. The molecule has 0 aliphatic rings. The third kappa shape index (κ3) is 16.4. The van der Waals surface area contributed by atoms with Gasteiger partial charge in [0.2, 0.25) is 6.23 Å². The summed E-state index contributed by atoms with van der Waals surface area (Å²) in [7, 11) is 0. The van der Waals surface area contributed by atoms with Gasteiger partial charge in [0.1, 0.15) is 0 Å². The highest BCUT2D eigenvalue weighted by Crippen LogP contribution is 2.14. The number of hydrogen-bond acceptors (Lipinski definition) is 4. The number of amides is 1. The van der Waals surface area contributed by atoms with Crippen LogP contribution in [-0.4, -0.2) is 36.1 Å². The Morgan fingerprint density at radius 3 is 1.41 bits per heavy atom. The maximum atomic E-state index is 12.0. The number of rotatable bonds is 21. The van der Waals surface area contributed by atoms with Crippen molar-refractivity contribution >= 4 is 11.9 Å².